The quantitative estimate of drug-likeness (QED) is 0.689. The monoisotopic (exact) mass is 439 g/mol. The maximum atomic E-state index is 13.2. The smallest absolute Gasteiger partial charge is 0.242 e. The van der Waals surface area contributed by atoms with Crippen LogP contribution >= 0.6 is 0 Å². The predicted molar refractivity (Wildman–Crippen MR) is 120 cm³/mol. The number of carbonyl (C=O) groups excluding carboxylic acids is 2. The van der Waals surface area contributed by atoms with Crippen molar-refractivity contribution in [3.63, 3.8) is 0 Å². The van der Waals surface area contributed by atoms with Gasteiger partial charge in [-0.15, -0.1) is 0 Å². The summed E-state index contributed by atoms with van der Waals surface area (Å²) in [6, 6.07) is 10.3. The molecule has 1 atom stereocenters. The lowest BCUT2D eigenvalue weighted by Gasteiger charge is -2.34. The number of aromatic nitrogens is 1. The molecule has 0 radical (unpaired) electrons. The van der Waals surface area contributed by atoms with E-state index in [4.69, 9.17) is 9.26 Å². The topological polar surface area (TPSA) is 75.9 Å². The molecule has 1 aromatic carbocycles. The van der Waals surface area contributed by atoms with Crippen LogP contribution in [-0.2, 0) is 27.4 Å². The number of benzene rings is 1. The molecule has 4 rings (SSSR count). The normalized spacial score (nSPS) is 20.4. The lowest BCUT2D eigenvalue weighted by molar-refractivity contribution is -0.139. The summed E-state index contributed by atoms with van der Waals surface area (Å²) in [6.07, 6.45) is 5.56. The van der Waals surface area contributed by atoms with E-state index in [9.17, 15) is 9.59 Å². The average Bonchev–Trinajstić information content (AvgIpc) is 3.02. The second-order valence-corrected chi connectivity index (χ2v) is 9.01. The van der Waals surface area contributed by atoms with E-state index >= 15 is 0 Å². The fourth-order valence-electron chi connectivity index (χ4n) is 4.79. The molecule has 0 N–H and O–H groups in total. The maximum absolute atomic E-state index is 13.2. The fraction of sp³-hybridized carbons (Fsp3) is 0.560. The van der Waals surface area contributed by atoms with E-state index in [1.165, 1.54) is 6.42 Å². The van der Waals surface area contributed by atoms with E-state index in [0.717, 1.165) is 42.5 Å². The Morgan fingerprint density at radius 3 is 2.56 bits per heavy atom. The van der Waals surface area contributed by atoms with Crippen molar-refractivity contribution < 1.29 is 18.8 Å². The first kappa shape index (κ1) is 22.5. The molecule has 1 saturated heterocycles. The number of ether oxygens (including phenoxy) is 1. The zero-order valence-corrected chi connectivity index (χ0v) is 19.1. The highest BCUT2D eigenvalue weighted by atomic mass is 16.5. The van der Waals surface area contributed by atoms with Crippen molar-refractivity contribution in [3.8, 4) is 0 Å². The minimum atomic E-state index is -0.225. The van der Waals surface area contributed by atoms with Gasteiger partial charge in [-0.05, 0) is 32.3 Å². The van der Waals surface area contributed by atoms with E-state index < -0.39 is 0 Å². The van der Waals surface area contributed by atoms with Gasteiger partial charge in [0.1, 0.15) is 5.76 Å². The van der Waals surface area contributed by atoms with Crippen molar-refractivity contribution >= 4 is 11.8 Å². The number of carbonyl (C=O) groups is 2. The number of hydrogen-bond donors (Lipinski definition) is 0. The van der Waals surface area contributed by atoms with Gasteiger partial charge in [-0.1, -0.05) is 54.8 Å². The van der Waals surface area contributed by atoms with Crippen molar-refractivity contribution in [3.05, 3.63) is 52.9 Å². The SMILES string of the molecule is Cc1noc(C)c1CC(=O)N1CC(=O)N(C2CCCCC2)C[C@H](OCc2ccccc2)C1. The van der Waals surface area contributed by atoms with Gasteiger partial charge < -0.3 is 19.1 Å². The Balaban J connectivity index is 1.50. The Morgan fingerprint density at radius 2 is 1.88 bits per heavy atom. The third-order valence-electron chi connectivity index (χ3n) is 6.68. The summed E-state index contributed by atoms with van der Waals surface area (Å²) in [7, 11) is 0. The molecule has 1 saturated carbocycles. The minimum absolute atomic E-state index is 0.0230. The van der Waals surface area contributed by atoms with Crippen LogP contribution in [0, 0.1) is 13.8 Å². The summed E-state index contributed by atoms with van der Waals surface area (Å²) >= 11 is 0. The summed E-state index contributed by atoms with van der Waals surface area (Å²) in [5.74, 6) is 0.582. The molecule has 0 bridgehead atoms. The molecule has 0 spiro atoms. The van der Waals surface area contributed by atoms with Crippen LogP contribution in [0.2, 0.25) is 0 Å². The van der Waals surface area contributed by atoms with E-state index in [0.29, 0.717) is 25.5 Å². The van der Waals surface area contributed by atoms with Crippen LogP contribution in [0.1, 0.15) is 54.7 Å². The molecular weight excluding hydrogens is 406 g/mol. The van der Waals surface area contributed by atoms with Gasteiger partial charge in [-0.25, -0.2) is 0 Å². The van der Waals surface area contributed by atoms with Crippen LogP contribution in [0.4, 0.5) is 0 Å². The van der Waals surface area contributed by atoms with E-state index in [2.05, 4.69) is 5.16 Å². The first-order valence-electron chi connectivity index (χ1n) is 11.7. The second kappa shape index (κ2) is 10.3. The lowest BCUT2D eigenvalue weighted by Crippen LogP contribution is -2.46. The van der Waals surface area contributed by atoms with Crippen LogP contribution in [0.5, 0.6) is 0 Å². The Labute approximate surface area is 189 Å². The zero-order valence-electron chi connectivity index (χ0n) is 19.1. The van der Waals surface area contributed by atoms with Gasteiger partial charge in [0.2, 0.25) is 11.8 Å². The molecule has 2 amide bonds. The summed E-state index contributed by atoms with van der Waals surface area (Å²) in [5, 5.41) is 3.95. The molecule has 172 valence electrons. The number of amides is 2. The van der Waals surface area contributed by atoms with Gasteiger partial charge in [-0.3, -0.25) is 9.59 Å². The summed E-state index contributed by atoms with van der Waals surface area (Å²) in [6.45, 7) is 5.15. The van der Waals surface area contributed by atoms with Crippen molar-refractivity contribution in [1.29, 1.82) is 0 Å². The van der Waals surface area contributed by atoms with Gasteiger partial charge in [0, 0.05) is 24.7 Å². The molecule has 2 aromatic rings. The van der Waals surface area contributed by atoms with Crippen molar-refractivity contribution in [1.82, 2.24) is 15.0 Å². The molecule has 1 aliphatic carbocycles. The van der Waals surface area contributed by atoms with Crippen molar-refractivity contribution in [2.45, 2.75) is 71.1 Å². The molecule has 0 unspecified atom stereocenters. The predicted octanol–water partition coefficient (Wildman–Crippen LogP) is 3.42. The van der Waals surface area contributed by atoms with Crippen LogP contribution < -0.4 is 0 Å². The Morgan fingerprint density at radius 1 is 1.12 bits per heavy atom. The molecule has 7 nitrogen and oxygen atoms in total. The van der Waals surface area contributed by atoms with Crippen molar-refractivity contribution in [2.75, 3.05) is 19.6 Å². The van der Waals surface area contributed by atoms with Gasteiger partial charge in [-0.2, -0.15) is 0 Å². The third-order valence-corrected chi connectivity index (χ3v) is 6.68. The number of rotatable bonds is 6. The Hall–Kier alpha value is -2.67. The Bertz CT molecular complexity index is 901. The highest BCUT2D eigenvalue weighted by Gasteiger charge is 2.35. The fourth-order valence-corrected chi connectivity index (χ4v) is 4.79. The summed E-state index contributed by atoms with van der Waals surface area (Å²) in [5.41, 5.74) is 2.61. The van der Waals surface area contributed by atoms with Crippen LogP contribution in [0.3, 0.4) is 0 Å². The number of aryl methyl sites for hydroxylation is 2. The van der Waals surface area contributed by atoms with Crippen LogP contribution in [-0.4, -0.2) is 58.6 Å². The number of nitrogens with zero attached hydrogens (tertiary/aromatic N) is 3. The zero-order chi connectivity index (χ0) is 22.5. The summed E-state index contributed by atoms with van der Waals surface area (Å²) < 4.78 is 11.5. The molecule has 7 heteroatoms. The molecule has 32 heavy (non-hydrogen) atoms. The van der Waals surface area contributed by atoms with E-state index in [-0.39, 0.29) is 36.9 Å². The summed E-state index contributed by atoms with van der Waals surface area (Å²) in [4.78, 5) is 30.1. The van der Waals surface area contributed by atoms with E-state index in [1.54, 1.807) is 4.90 Å². The molecular formula is C25H33N3O4. The van der Waals surface area contributed by atoms with Gasteiger partial charge in [0.05, 0.1) is 31.4 Å². The first-order valence-corrected chi connectivity index (χ1v) is 11.7. The average molecular weight is 440 g/mol. The molecule has 2 aliphatic rings. The van der Waals surface area contributed by atoms with Crippen molar-refractivity contribution in [2.24, 2.45) is 0 Å². The molecule has 2 heterocycles. The highest BCUT2D eigenvalue weighted by molar-refractivity contribution is 5.86. The second-order valence-electron chi connectivity index (χ2n) is 9.01. The molecule has 1 aromatic heterocycles. The van der Waals surface area contributed by atoms with Gasteiger partial charge in [0.25, 0.3) is 0 Å². The largest absolute Gasteiger partial charge is 0.370 e. The number of hydrogen-bond acceptors (Lipinski definition) is 5. The standard InChI is InChI=1S/C25H33N3O4/c1-18-23(19(2)32-26-18)13-24(29)27-14-22(31-17-20-9-5-3-6-10-20)15-28(25(30)16-27)21-11-7-4-8-12-21/h3,5-6,9-10,21-22H,4,7-8,11-17H2,1-2H3/t22-/m1/s1. The van der Waals surface area contributed by atoms with Gasteiger partial charge >= 0.3 is 0 Å². The maximum Gasteiger partial charge on any atom is 0.242 e. The van der Waals surface area contributed by atoms with Crippen LogP contribution in [0.15, 0.2) is 34.9 Å². The lowest BCUT2D eigenvalue weighted by atomic mass is 9.94. The van der Waals surface area contributed by atoms with E-state index in [1.807, 2.05) is 49.1 Å². The first-order chi connectivity index (χ1) is 15.5. The third kappa shape index (κ3) is 5.38. The minimum Gasteiger partial charge on any atom is -0.370 e. The Kier molecular flexibility index (Phi) is 7.25. The van der Waals surface area contributed by atoms with Crippen LogP contribution in [0.25, 0.3) is 0 Å². The van der Waals surface area contributed by atoms with Gasteiger partial charge in [0.15, 0.2) is 0 Å². The highest BCUT2D eigenvalue weighted by Crippen LogP contribution is 2.25. The molecule has 2 fully saturated rings. The molecule has 1 aliphatic heterocycles.